The van der Waals surface area contributed by atoms with Crippen LogP contribution in [0, 0.1) is 32.7 Å². The smallest absolute Gasteiger partial charge is 0.296 e. The Morgan fingerprint density at radius 1 is 1.29 bits per heavy atom. The van der Waals surface area contributed by atoms with Crippen LogP contribution < -0.4 is 15.4 Å². The number of hydrogen-bond acceptors (Lipinski definition) is 8. The fourth-order valence-electron chi connectivity index (χ4n) is 4.82. The molecule has 3 N–H and O–H groups in total. The molecule has 2 aromatic carbocycles. The van der Waals surface area contributed by atoms with Gasteiger partial charge in [-0.3, -0.25) is 19.8 Å². The summed E-state index contributed by atoms with van der Waals surface area (Å²) in [4.78, 5) is 25.9. The van der Waals surface area contributed by atoms with Crippen molar-refractivity contribution in [2.24, 2.45) is 11.1 Å². The van der Waals surface area contributed by atoms with Crippen molar-refractivity contribution < 1.29 is 24.0 Å². The summed E-state index contributed by atoms with van der Waals surface area (Å²) in [5, 5.41) is 32.0. The average Bonchev–Trinajstić information content (AvgIpc) is 2.78. The van der Waals surface area contributed by atoms with Gasteiger partial charge in [-0.15, -0.1) is 0 Å². The van der Waals surface area contributed by atoms with Crippen LogP contribution in [-0.4, -0.2) is 22.9 Å². The van der Waals surface area contributed by atoms with Gasteiger partial charge in [-0.25, -0.2) is 4.39 Å². The maximum atomic E-state index is 13.9. The van der Waals surface area contributed by atoms with Crippen molar-refractivity contribution in [3.63, 3.8) is 0 Å². The number of aromatic hydroxyl groups is 1. The first-order valence-electron chi connectivity index (χ1n) is 10.8. The van der Waals surface area contributed by atoms with E-state index in [9.17, 15) is 29.7 Å². The molecule has 4 rings (SSSR count). The number of phenolic OH excluding ortho intramolecular Hbond substituents is 1. The third-order valence-corrected chi connectivity index (χ3v) is 6.29. The van der Waals surface area contributed by atoms with Crippen LogP contribution in [0.2, 0.25) is 0 Å². The summed E-state index contributed by atoms with van der Waals surface area (Å²) < 4.78 is 19.1. The fraction of sp³-hybridized carbons (Fsp3) is 0.280. The molecule has 0 bridgehead atoms. The second-order valence-corrected chi connectivity index (χ2v) is 9.30. The van der Waals surface area contributed by atoms with Gasteiger partial charge in [0.25, 0.3) is 5.69 Å². The van der Waals surface area contributed by atoms with Gasteiger partial charge in [0.1, 0.15) is 17.3 Å². The zero-order valence-electron chi connectivity index (χ0n) is 19.3. The first-order chi connectivity index (χ1) is 16.5. The van der Waals surface area contributed by atoms with Crippen molar-refractivity contribution >= 4 is 17.2 Å². The second kappa shape index (κ2) is 8.43. The SMILES string of the molecule is COc1cc(C2C(C#N)=C(N)N(c3ccc(F)cc3[N+](=O)[O-])C3=C2C(=O)CC(C)(C)C3)ccc1O. The lowest BCUT2D eigenvalue weighted by Crippen LogP contribution is -2.42. The molecule has 2 aliphatic rings. The van der Waals surface area contributed by atoms with Crippen LogP contribution in [-0.2, 0) is 4.79 Å². The van der Waals surface area contributed by atoms with E-state index in [1.54, 1.807) is 6.07 Å². The molecule has 0 spiro atoms. The summed E-state index contributed by atoms with van der Waals surface area (Å²) in [6.45, 7) is 3.79. The van der Waals surface area contributed by atoms with E-state index in [0.29, 0.717) is 17.7 Å². The molecule has 1 heterocycles. The van der Waals surface area contributed by atoms with E-state index >= 15 is 0 Å². The minimum absolute atomic E-state index is 0.00294. The highest BCUT2D eigenvalue weighted by molar-refractivity contribution is 6.02. The number of anilines is 1. The number of rotatable bonds is 4. The number of nitrogens with two attached hydrogens (primary N) is 1. The minimum Gasteiger partial charge on any atom is -0.504 e. The molecule has 0 saturated heterocycles. The van der Waals surface area contributed by atoms with Crippen molar-refractivity contribution in [3.05, 3.63) is 80.6 Å². The summed E-state index contributed by atoms with van der Waals surface area (Å²) in [6, 6.07) is 9.62. The Kier molecular flexibility index (Phi) is 5.72. The van der Waals surface area contributed by atoms with Crippen molar-refractivity contribution in [2.45, 2.75) is 32.6 Å². The number of allylic oxidation sites excluding steroid dienone is 3. The van der Waals surface area contributed by atoms with Crippen LogP contribution in [0.3, 0.4) is 0 Å². The molecule has 1 aliphatic carbocycles. The molecule has 9 nitrogen and oxygen atoms in total. The summed E-state index contributed by atoms with van der Waals surface area (Å²) in [7, 11) is 1.38. The minimum atomic E-state index is -0.871. The average molecular weight is 478 g/mol. The maximum absolute atomic E-state index is 13.9. The van der Waals surface area contributed by atoms with Gasteiger partial charge in [-0.2, -0.15) is 5.26 Å². The topological polar surface area (TPSA) is 143 Å². The number of nitro benzene ring substituents is 1. The highest BCUT2D eigenvalue weighted by atomic mass is 19.1. The van der Waals surface area contributed by atoms with Crippen LogP contribution in [0.5, 0.6) is 11.5 Å². The van der Waals surface area contributed by atoms with Crippen molar-refractivity contribution in [2.75, 3.05) is 12.0 Å². The number of hydrogen-bond donors (Lipinski definition) is 2. The first-order valence-corrected chi connectivity index (χ1v) is 10.8. The Hall–Kier alpha value is -4.39. The van der Waals surface area contributed by atoms with Gasteiger partial charge in [0, 0.05) is 17.7 Å². The van der Waals surface area contributed by atoms with Gasteiger partial charge in [0.05, 0.1) is 35.7 Å². The van der Waals surface area contributed by atoms with E-state index < -0.39 is 27.8 Å². The van der Waals surface area contributed by atoms with Crippen molar-refractivity contribution in [1.29, 1.82) is 5.26 Å². The van der Waals surface area contributed by atoms with Gasteiger partial charge in [0.2, 0.25) is 0 Å². The number of Topliss-reactive ketones (excluding diaryl/α,β-unsaturated/α-hetero) is 1. The predicted octanol–water partition coefficient (Wildman–Crippen LogP) is 4.39. The largest absolute Gasteiger partial charge is 0.504 e. The summed E-state index contributed by atoms with van der Waals surface area (Å²) in [5.74, 6) is -1.96. The Morgan fingerprint density at radius 3 is 2.63 bits per heavy atom. The van der Waals surface area contributed by atoms with Crippen LogP contribution in [0.15, 0.2) is 59.1 Å². The van der Waals surface area contributed by atoms with Gasteiger partial charge < -0.3 is 15.6 Å². The Balaban J connectivity index is 2.05. The van der Waals surface area contributed by atoms with Gasteiger partial charge >= 0.3 is 0 Å². The van der Waals surface area contributed by atoms with Gasteiger partial charge in [0.15, 0.2) is 17.3 Å². The zero-order chi connectivity index (χ0) is 25.7. The molecule has 180 valence electrons. The maximum Gasteiger partial charge on any atom is 0.296 e. The molecule has 0 fully saturated rings. The quantitative estimate of drug-likeness (QED) is 0.487. The Bertz CT molecular complexity index is 1370. The molecule has 0 radical (unpaired) electrons. The molecule has 1 atom stereocenters. The molecule has 2 aromatic rings. The fourth-order valence-corrected chi connectivity index (χ4v) is 4.82. The molecule has 0 aromatic heterocycles. The lowest BCUT2D eigenvalue weighted by molar-refractivity contribution is -0.384. The highest BCUT2D eigenvalue weighted by Crippen LogP contribution is 2.51. The van der Waals surface area contributed by atoms with Crippen molar-refractivity contribution in [1.82, 2.24) is 0 Å². The number of carbonyl (C=O) groups excluding carboxylic acids is 1. The molecule has 10 heteroatoms. The lowest BCUT2D eigenvalue weighted by Gasteiger charge is -2.43. The number of ketones is 1. The van der Waals surface area contributed by atoms with E-state index in [-0.39, 0.29) is 46.4 Å². The standard InChI is InChI=1S/C25H23FN4O5/c1-25(2)10-18-23(20(32)11-25)22(13-4-7-19(31)21(8-13)35-3)15(12-27)24(28)29(18)16-6-5-14(26)9-17(16)30(33)34/h4-9,22,31H,10-11,28H2,1-3H3. The monoisotopic (exact) mass is 478 g/mol. The molecule has 1 unspecified atom stereocenters. The zero-order valence-corrected chi connectivity index (χ0v) is 19.3. The lowest BCUT2D eigenvalue weighted by atomic mass is 9.68. The molecule has 0 amide bonds. The molecule has 0 saturated carbocycles. The summed E-state index contributed by atoms with van der Waals surface area (Å²) in [6.07, 6.45) is 0.517. The highest BCUT2D eigenvalue weighted by Gasteiger charge is 2.45. The number of nitrogens with zero attached hydrogens (tertiary/aromatic N) is 3. The van der Waals surface area contributed by atoms with Crippen LogP contribution in [0.25, 0.3) is 0 Å². The summed E-state index contributed by atoms with van der Waals surface area (Å²) >= 11 is 0. The van der Waals surface area contributed by atoms with E-state index in [1.165, 1.54) is 30.2 Å². The number of nitriles is 1. The Labute approximate surface area is 200 Å². The number of methoxy groups -OCH3 is 1. The normalized spacial score (nSPS) is 19.3. The Morgan fingerprint density at radius 2 is 2.00 bits per heavy atom. The van der Waals surface area contributed by atoms with Crippen LogP contribution >= 0.6 is 0 Å². The van der Waals surface area contributed by atoms with E-state index in [2.05, 4.69) is 6.07 Å². The van der Waals surface area contributed by atoms with Crippen LogP contribution in [0.1, 0.15) is 38.2 Å². The number of carbonyl (C=O) groups is 1. The van der Waals surface area contributed by atoms with E-state index in [4.69, 9.17) is 10.5 Å². The number of ether oxygens (including phenoxy) is 1. The molecular formula is C25H23FN4O5. The van der Waals surface area contributed by atoms with Gasteiger partial charge in [-0.05, 0) is 41.7 Å². The number of halogens is 1. The number of benzene rings is 2. The number of phenols is 1. The van der Waals surface area contributed by atoms with Gasteiger partial charge in [-0.1, -0.05) is 19.9 Å². The third kappa shape index (κ3) is 3.95. The third-order valence-electron chi connectivity index (χ3n) is 6.29. The number of nitro groups is 1. The van der Waals surface area contributed by atoms with E-state index in [0.717, 1.165) is 12.1 Å². The van der Waals surface area contributed by atoms with E-state index in [1.807, 2.05) is 13.8 Å². The predicted molar refractivity (Wildman–Crippen MR) is 125 cm³/mol. The second-order valence-electron chi connectivity index (χ2n) is 9.30. The first kappa shape index (κ1) is 23.8. The molecular weight excluding hydrogens is 455 g/mol. The van der Waals surface area contributed by atoms with Crippen LogP contribution in [0.4, 0.5) is 15.8 Å². The van der Waals surface area contributed by atoms with Crippen molar-refractivity contribution in [3.8, 4) is 17.6 Å². The summed E-state index contributed by atoms with van der Waals surface area (Å²) in [5.41, 5.74) is 6.59. The molecule has 35 heavy (non-hydrogen) atoms. The molecule has 1 aliphatic heterocycles.